The van der Waals surface area contributed by atoms with Crippen LogP contribution in [0.4, 0.5) is 11.4 Å². The van der Waals surface area contributed by atoms with E-state index in [0.717, 1.165) is 6.42 Å². The van der Waals surface area contributed by atoms with E-state index in [1.54, 1.807) is 0 Å². The first-order chi connectivity index (χ1) is 15.3. The Kier molecular flexibility index (Phi) is 3.79. The summed E-state index contributed by atoms with van der Waals surface area (Å²) in [6.45, 7) is 2.28. The number of fused-ring (bicyclic) bond motifs is 7. The van der Waals surface area contributed by atoms with E-state index in [-0.39, 0.29) is 0 Å². The largest absolute Gasteiger partial charge is 0.224 e. The average molecular weight is 437 g/mol. The van der Waals surface area contributed by atoms with Gasteiger partial charge in [0.1, 0.15) is 5.25 Å². The van der Waals surface area contributed by atoms with Crippen molar-refractivity contribution in [2.24, 2.45) is 0 Å². The van der Waals surface area contributed by atoms with Crippen molar-refractivity contribution in [2.75, 3.05) is 0 Å². The van der Waals surface area contributed by atoms with Crippen LogP contribution in [0.2, 0.25) is 0 Å². The number of hydrogen-bond donors (Lipinski definition) is 2. The zero-order valence-electron chi connectivity index (χ0n) is 17.0. The molecule has 2 N–H and O–H groups in total. The predicted molar refractivity (Wildman–Crippen MR) is 131 cm³/mol. The molecule has 0 saturated heterocycles. The quantitative estimate of drug-likeness (QED) is 0.566. The van der Waals surface area contributed by atoms with Crippen LogP contribution in [0.1, 0.15) is 28.4 Å². The molecule has 0 spiro atoms. The van der Waals surface area contributed by atoms with E-state index >= 15 is 0 Å². The zero-order chi connectivity index (χ0) is 20.5. The van der Waals surface area contributed by atoms with Crippen molar-refractivity contribution < 1.29 is 9.98 Å². The third-order valence-electron chi connectivity index (χ3n) is 6.47. The molecule has 0 aromatic heterocycles. The fraction of sp³-hybridized carbons (Fsp3) is 0.111. The molecule has 1 unspecified atom stereocenters. The van der Waals surface area contributed by atoms with Gasteiger partial charge >= 0.3 is 0 Å². The highest BCUT2D eigenvalue weighted by Gasteiger charge is 2.37. The lowest BCUT2D eigenvalue weighted by atomic mass is 9.95. The molecule has 2 aliphatic carbocycles. The third-order valence-corrected chi connectivity index (χ3v) is 9.38. The maximum atomic E-state index is 3.77. The normalized spacial score (nSPS) is 19.5. The number of nitrogens with one attached hydrogen (secondary N) is 2. The fourth-order valence-electron chi connectivity index (χ4n) is 4.93. The SMILES string of the molecule is Cc1c2c(cc3c1SC1C(=[NH+]3)C=Cc3ccccc31)[NH+]=C1CC=c3ccccc3=C1S2. The van der Waals surface area contributed by atoms with Crippen LogP contribution in [-0.2, 0) is 0 Å². The predicted octanol–water partition coefficient (Wildman–Crippen LogP) is 2.27. The Morgan fingerprint density at radius 3 is 2.71 bits per heavy atom. The Morgan fingerprint density at radius 2 is 1.74 bits per heavy atom. The first-order valence-electron chi connectivity index (χ1n) is 10.6. The molecule has 1 atom stereocenters. The van der Waals surface area contributed by atoms with Crippen LogP contribution in [0.5, 0.6) is 0 Å². The molecule has 0 fully saturated rings. The average Bonchev–Trinajstić information content (AvgIpc) is 2.82. The second kappa shape index (κ2) is 6.59. The van der Waals surface area contributed by atoms with E-state index in [4.69, 9.17) is 0 Å². The minimum absolute atomic E-state index is 0.326. The van der Waals surface area contributed by atoms with Gasteiger partial charge in [-0.2, -0.15) is 0 Å². The van der Waals surface area contributed by atoms with Crippen molar-refractivity contribution in [3.8, 4) is 0 Å². The van der Waals surface area contributed by atoms with E-state index < -0.39 is 0 Å². The Balaban J connectivity index is 1.41. The van der Waals surface area contributed by atoms with Crippen LogP contribution in [0.25, 0.3) is 17.1 Å². The van der Waals surface area contributed by atoms with Crippen molar-refractivity contribution in [1.29, 1.82) is 0 Å². The van der Waals surface area contributed by atoms with Gasteiger partial charge in [0.05, 0.1) is 27.2 Å². The second-order valence-electron chi connectivity index (χ2n) is 8.33. The van der Waals surface area contributed by atoms with Crippen molar-refractivity contribution in [2.45, 2.75) is 28.4 Å². The minimum Gasteiger partial charge on any atom is -0.206 e. The molecule has 3 aromatic rings. The minimum atomic E-state index is 0.326. The molecule has 0 amide bonds. The highest BCUT2D eigenvalue weighted by atomic mass is 32.2. The van der Waals surface area contributed by atoms with E-state index in [1.165, 1.54) is 64.6 Å². The van der Waals surface area contributed by atoms with Crippen LogP contribution >= 0.6 is 23.5 Å². The van der Waals surface area contributed by atoms with Gasteiger partial charge in [-0.05, 0) is 34.9 Å². The highest BCUT2D eigenvalue weighted by Crippen LogP contribution is 2.49. The topological polar surface area (TPSA) is 27.9 Å². The Labute approximate surface area is 189 Å². The molecule has 148 valence electrons. The van der Waals surface area contributed by atoms with Crippen molar-refractivity contribution >= 4 is 63.4 Å². The molecular formula is C27H20N2S2+2. The number of allylic oxidation sites excluding steroid dienone is 1. The molecule has 4 aliphatic rings. The van der Waals surface area contributed by atoms with Crippen LogP contribution in [0.15, 0.2) is 70.5 Å². The van der Waals surface area contributed by atoms with E-state index in [0.29, 0.717) is 5.25 Å². The van der Waals surface area contributed by atoms with Gasteiger partial charge in [-0.15, -0.1) is 0 Å². The van der Waals surface area contributed by atoms with Gasteiger partial charge in [0.2, 0.25) is 11.4 Å². The summed E-state index contributed by atoms with van der Waals surface area (Å²) in [5, 5.41) is 3.01. The maximum Gasteiger partial charge on any atom is 0.224 e. The lowest BCUT2D eigenvalue weighted by Crippen LogP contribution is -2.71. The molecule has 2 heterocycles. The third kappa shape index (κ3) is 2.61. The summed E-state index contributed by atoms with van der Waals surface area (Å²) in [5.41, 5.74) is 9.12. The zero-order valence-corrected chi connectivity index (χ0v) is 18.7. The van der Waals surface area contributed by atoms with Gasteiger partial charge in [0.15, 0.2) is 11.4 Å². The summed E-state index contributed by atoms with van der Waals surface area (Å²) in [7, 11) is 0. The smallest absolute Gasteiger partial charge is 0.206 e. The van der Waals surface area contributed by atoms with Crippen LogP contribution in [0, 0.1) is 6.92 Å². The Morgan fingerprint density at radius 1 is 0.903 bits per heavy atom. The van der Waals surface area contributed by atoms with Crippen molar-refractivity contribution in [3.05, 3.63) is 87.8 Å². The molecular weight excluding hydrogens is 416 g/mol. The lowest BCUT2D eigenvalue weighted by Gasteiger charge is -2.25. The summed E-state index contributed by atoms with van der Waals surface area (Å²) in [6.07, 6.45) is 7.76. The van der Waals surface area contributed by atoms with E-state index in [1.807, 2.05) is 23.5 Å². The first-order valence-corrected chi connectivity index (χ1v) is 12.3. The Hall–Kier alpha value is -2.82. The summed E-state index contributed by atoms with van der Waals surface area (Å²) >= 11 is 3.92. The molecule has 0 radical (unpaired) electrons. The molecule has 7 rings (SSSR count). The van der Waals surface area contributed by atoms with Gasteiger partial charge in [0.25, 0.3) is 0 Å². The van der Waals surface area contributed by atoms with E-state index in [9.17, 15) is 0 Å². The van der Waals surface area contributed by atoms with Gasteiger partial charge < -0.3 is 0 Å². The van der Waals surface area contributed by atoms with Gasteiger partial charge in [-0.3, -0.25) is 0 Å². The van der Waals surface area contributed by atoms with E-state index in [2.05, 4.69) is 89.7 Å². The summed E-state index contributed by atoms with van der Waals surface area (Å²) in [5.74, 6) is 0. The highest BCUT2D eigenvalue weighted by molar-refractivity contribution is 8.09. The monoisotopic (exact) mass is 436 g/mol. The second-order valence-corrected chi connectivity index (χ2v) is 10.5. The number of hydrogen-bond acceptors (Lipinski definition) is 2. The molecule has 3 aromatic carbocycles. The summed E-state index contributed by atoms with van der Waals surface area (Å²) < 4.78 is 0. The van der Waals surface area contributed by atoms with Crippen LogP contribution < -0.4 is 20.4 Å². The molecule has 2 aliphatic heterocycles. The summed E-state index contributed by atoms with van der Waals surface area (Å²) in [6, 6.07) is 19.8. The van der Waals surface area contributed by atoms with Crippen LogP contribution in [0.3, 0.4) is 0 Å². The molecule has 0 saturated carbocycles. The first kappa shape index (κ1) is 17.8. The lowest BCUT2D eigenvalue weighted by molar-refractivity contribution is -0.368. The number of thioether (sulfide) groups is 2. The molecule has 4 heteroatoms. The Bertz CT molecular complexity index is 1530. The molecule has 2 nitrogen and oxygen atoms in total. The fourth-order valence-corrected chi connectivity index (χ4v) is 7.59. The number of rotatable bonds is 0. The van der Waals surface area contributed by atoms with Crippen molar-refractivity contribution in [1.82, 2.24) is 0 Å². The molecule has 31 heavy (non-hydrogen) atoms. The van der Waals surface area contributed by atoms with Crippen LogP contribution in [-0.4, -0.2) is 11.4 Å². The maximum absolute atomic E-state index is 3.77. The van der Waals surface area contributed by atoms with Gasteiger partial charge in [-0.1, -0.05) is 78.1 Å². The van der Waals surface area contributed by atoms with Gasteiger partial charge in [0, 0.05) is 11.3 Å². The van der Waals surface area contributed by atoms with Crippen molar-refractivity contribution in [3.63, 3.8) is 0 Å². The molecule has 0 bridgehead atoms. The standard InChI is InChI=1S/C27H18N2S2/c1-15-24-22(28-20-12-10-16-6-2-4-8-18(16)26(20)30-24)14-23-25(15)31-27-19-9-5-3-7-17(19)11-13-21(27)29-23/h2-12,14,26H,13H2,1H3/p+2. The van der Waals surface area contributed by atoms with Gasteiger partial charge in [-0.25, -0.2) is 9.98 Å². The summed E-state index contributed by atoms with van der Waals surface area (Å²) in [4.78, 5) is 11.6. The number of benzene rings is 3.